The molecule has 7 nitrogen and oxygen atoms in total. The Morgan fingerprint density at radius 1 is 1.09 bits per heavy atom. The molecule has 0 spiro atoms. The lowest BCUT2D eigenvalue weighted by Crippen LogP contribution is -2.55. The van der Waals surface area contributed by atoms with Crippen molar-refractivity contribution in [3.63, 3.8) is 0 Å². The summed E-state index contributed by atoms with van der Waals surface area (Å²) in [6, 6.07) is 0. The first-order valence-electron chi connectivity index (χ1n) is 8.32. The Kier molecular flexibility index (Phi) is 9.13. The van der Waals surface area contributed by atoms with Gasteiger partial charge in [0.15, 0.2) is 5.60 Å². The second kappa shape index (κ2) is 10.6. The highest BCUT2D eigenvalue weighted by molar-refractivity contribution is 5.88. The molecule has 1 aliphatic carbocycles. The average molecular weight is 332 g/mol. The quantitative estimate of drug-likeness (QED) is 0.451. The van der Waals surface area contributed by atoms with E-state index in [2.05, 4.69) is 0 Å². The van der Waals surface area contributed by atoms with Gasteiger partial charge in [-0.2, -0.15) is 0 Å². The number of rotatable bonds is 10. The number of carbonyl (C=O) groups excluding carboxylic acids is 2. The van der Waals surface area contributed by atoms with Gasteiger partial charge in [-0.3, -0.25) is 4.79 Å². The first kappa shape index (κ1) is 19.9. The predicted octanol–water partition coefficient (Wildman–Crippen LogP) is 0.803. The van der Waals surface area contributed by atoms with Crippen LogP contribution < -0.4 is 0 Å². The van der Waals surface area contributed by atoms with Crippen molar-refractivity contribution in [2.24, 2.45) is 5.92 Å². The highest BCUT2D eigenvalue weighted by Gasteiger charge is 2.53. The number of hydrogen-bond donors (Lipinski definition) is 2. The monoisotopic (exact) mass is 332 g/mol. The van der Waals surface area contributed by atoms with E-state index in [1.165, 1.54) is 0 Å². The maximum atomic E-state index is 12.5. The van der Waals surface area contributed by atoms with Crippen LogP contribution >= 0.6 is 0 Å². The van der Waals surface area contributed by atoms with Gasteiger partial charge in [0.1, 0.15) is 6.61 Å². The summed E-state index contributed by atoms with van der Waals surface area (Å²) >= 11 is 0. The maximum Gasteiger partial charge on any atom is 0.339 e. The smallest absolute Gasteiger partial charge is 0.339 e. The minimum Gasteiger partial charge on any atom is -0.465 e. The van der Waals surface area contributed by atoms with E-state index in [4.69, 9.17) is 24.4 Å². The Balaban J connectivity index is 2.90. The van der Waals surface area contributed by atoms with Gasteiger partial charge >= 0.3 is 11.9 Å². The van der Waals surface area contributed by atoms with E-state index in [0.29, 0.717) is 19.4 Å². The van der Waals surface area contributed by atoms with Crippen LogP contribution in [0.1, 0.15) is 45.4 Å². The molecule has 1 saturated carbocycles. The molecule has 0 bridgehead atoms. The van der Waals surface area contributed by atoms with Crippen LogP contribution in [0.5, 0.6) is 0 Å². The topological polar surface area (TPSA) is 102 Å². The molecule has 1 rings (SSSR count). The molecule has 0 aromatic rings. The summed E-state index contributed by atoms with van der Waals surface area (Å²) < 4.78 is 15.9. The zero-order chi connectivity index (χ0) is 17.1. The highest BCUT2D eigenvalue weighted by atomic mass is 16.6. The molecule has 0 aromatic carbocycles. The molecule has 2 unspecified atom stereocenters. The molecule has 134 valence electrons. The third-order valence-corrected chi connectivity index (χ3v) is 4.00. The zero-order valence-electron chi connectivity index (χ0n) is 13.8. The molecule has 2 N–H and O–H groups in total. The second-order valence-corrected chi connectivity index (χ2v) is 5.64. The number of unbranched alkanes of at least 4 members (excludes halogenated alkanes) is 1. The summed E-state index contributed by atoms with van der Waals surface area (Å²) in [6.07, 6.45) is 4.00. The lowest BCUT2D eigenvalue weighted by Gasteiger charge is -2.40. The third kappa shape index (κ3) is 5.44. The second-order valence-electron chi connectivity index (χ2n) is 5.64. The number of aliphatic hydroxyl groups excluding tert-OH is 2. The van der Waals surface area contributed by atoms with Crippen LogP contribution in [-0.4, -0.2) is 60.8 Å². The van der Waals surface area contributed by atoms with Crippen LogP contribution in [0.15, 0.2) is 0 Å². The Hall–Kier alpha value is -1.18. The first-order chi connectivity index (χ1) is 11.1. The van der Waals surface area contributed by atoms with Crippen molar-refractivity contribution in [1.29, 1.82) is 0 Å². The van der Waals surface area contributed by atoms with Crippen molar-refractivity contribution in [2.75, 3.05) is 33.0 Å². The van der Waals surface area contributed by atoms with Gasteiger partial charge < -0.3 is 24.4 Å². The summed E-state index contributed by atoms with van der Waals surface area (Å²) in [6.45, 7) is 1.54. The summed E-state index contributed by atoms with van der Waals surface area (Å²) in [5.41, 5.74) is -1.43. The molecule has 1 fully saturated rings. The Bertz CT molecular complexity index is 371. The van der Waals surface area contributed by atoms with Crippen LogP contribution in [-0.2, 0) is 23.8 Å². The number of hydrogen-bond acceptors (Lipinski definition) is 7. The average Bonchev–Trinajstić information content (AvgIpc) is 2.58. The van der Waals surface area contributed by atoms with Gasteiger partial charge in [-0.1, -0.05) is 19.8 Å². The number of ether oxygens (including phenoxy) is 3. The lowest BCUT2D eigenvalue weighted by atomic mass is 9.75. The largest absolute Gasteiger partial charge is 0.465 e. The van der Waals surface area contributed by atoms with E-state index in [-0.39, 0.29) is 26.4 Å². The van der Waals surface area contributed by atoms with Crippen molar-refractivity contribution < 1.29 is 34.0 Å². The fourth-order valence-corrected chi connectivity index (χ4v) is 2.83. The summed E-state index contributed by atoms with van der Waals surface area (Å²) in [5.74, 6) is -1.87. The van der Waals surface area contributed by atoms with Crippen molar-refractivity contribution in [1.82, 2.24) is 0 Å². The van der Waals surface area contributed by atoms with Crippen molar-refractivity contribution in [2.45, 2.75) is 51.0 Å². The molecule has 7 heteroatoms. The first-order valence-corrected chi connectivity index (χ1v) is 8.32. The van der Waals surface area contributed by atoms with Crippen LogP contribution in [0.2, 0.25) is 0 Å². The minimum absolute atomic E-state index is 0.0625. The van der Waals surface area contributed by atoms with Crippen molar-refractivity contribution >= 4 is 11.9 Å². The molecule has 0 saturated heterocycles. The van der Waals surface area contributed by atoms with Crippen molar-refractivity contribution in [3.8, 4) is 0 Å². The lowest BCUT2D eigenvalue weighted by molar-refractivity contribution is -0.198. The summed E-state index contributed by atoms with van der Waals surface area (Å²) in [5, 5.41) is 17.9. The minimum atomic E-state index is -1.43. The number of carbonyl (C=O) groups is 2. The Morgan fingerprint density at radius 2 is 1.83 bits per heavy atom. The molecule has 1 aliphatic rings. The van der Waals surface area contributed by atoms with Crippen LogP contribution in [0.4, 0.5) is 0 Å². The fourth-order valence-electron chi connectivity index (χ4n) is 2.83. The molecule has 0 heterocycles. The zero-order valence-corrected chi connectivity index (χ0v) is 13.8. The number of esters is 2. The summed E-state index contributed by atoms with van der Waals surface area (Å²) in [4.78, 5) is 24.9. The van der Waals surface area contributed by atoms with Gasteiger partial charge in [-0.15, -0.1) is 0 Å². The van der Waals surface area contributed by atoms with Crippen LogP contribution in [0, 0.1) is 5.92 Å². The van der Waals surface area contributed by atoms with Gasteiger partial charge in [-0.25, -0.2) is 4.79 Å². The molecule has 23 heavy (non-hydrogen) atoms. The molecule has 0 amide bonds. The standard InChI is InChI=1S/C16H28O7/c1-2-3-10-21-14(19)13-6-4-5-7-16(13,23-12-9-18)15(20)22-11-8-17/h13,17-18H,2-12H2,1H3. The van der Waals surface area contributed by atoms with Gasteiger partial charge in [-0.05, 0) is 25.7 Å². The third-order valence-electron chi connectivity index (χ3n) is 4.00. The Labute approximate surface area is 136 Å². The summed E-state index contributed by atoms with van der Waals surface area (Å²) in [7, 11) is 0. The highest BCUT2D eigenvalue weighted by Crippen LogP contribution is 2.39. The van der Waals surface area contributed by atoms with E-state index >= 15 is 0 Å². The van der Waals surface area contributed by atoms with Gasteiger partial charge in [0.2, 0.25) is 0 Å². The van der Waals surface area contributed by atoms with E-state index in [0.717, 1.165) is 25.7 Å². The Morgan fingerprint density at radius 3 is 2.48 bits per heavy atom. The predicted molar refractivity (Wildman–Crippen MR) is 81.6 cm³/mol. The molecule has 0 aliphatic heterocycles. The van der Waals surface area contributed by atoms with E-state index in [1.54, 1.807) is 0 Å². The van der Waals surface area contributed by atoms with Gasteiger partial charge in [0, 0.05) is 0 Å². The fraction of sp³-hybridized carbons (Fsp3) is 0.875. The van der Waals surface area contributed by atoms with Gasteiger partial charge in [0.05, 0.1) is 32.3 Å². The van der Waals surface area contributed by atoms with Gasteiger partial charge in [0.25, 0.3) is 0 Å². The molecular formula is C16H28O7. The van der Waals surface area contributed by atoms with Crippen molar-refractivity contribution in [3.05, 3.63) is 0 Å². The van der Waals surface area contributed by atoms with E-state index in [1.807, 2.05) is 6.92 Å². The van der Waals surface area contributed by atoms with E-state index < -0.39 is 23.5 Å². The SMILES string of the molecule is CCCCOC(=O)C1CCCCC1(OCCO)C(=O)OCCO. The molecule has 0 aromatic heterocycles. The maximum absolute atomic E-state index is 12.5. The normalized spacial score (nSPS) is 24.2. The van der Waals surface area contributed by atoms with Crippen LogP contribution in [0.25, 0.3) is 0 Å². The van der Waals surface area contributed by atoms with E-state index in [9.17, 15) is 9.59 Å². The van der Waals surface area contributed by atoms with Crippen LogP contribution in [0.3, 0.4) is 0 Å². The molecular weight excluding hydrogens is 304 g/mol. The molecule has 2 atom stereocenters. The number of aliphatic hydroxyl groups is 2. The molecule has 0 radical (unpaired) electrons.